The van der Waals surface area contributed by atoms with Gasteiger partial charge in [-0.15, -0.1) is 0 Å². The standard InChI is InChI=1S/C18H28O4/c1-5-7-8-9-18(19)21-14(3)16-10-12-17(13-11-16)22-15(4)20-6-2/h10-15H,5-9H2,1-4H3. The molecule has 0 saturated heterocycles. The monoisotopic (exact) mass is 308 g/mol. The van der Waals surface area contributed by atoms with Crippen molar-refractivity contribution in [1.82, 2.24) is 0 Å². The molecule has 0 aliphatic rings. The molecule has 2 atom stereocenters. The predicted octanol–water partition coefficient (Wildman–Crippen LogP) is 4.63. The lowest BCUT2D eigenvalue weighted by atomic mass is 10.1. The summed E-state index contributed by atoms with van der Waals surface area (Å²) in [6, 6.07) is 7.56. The Morgan fingerprint density at radius 1 is 1.09 bits per heavy atom. The van der Waals surface area contributed by atoms with Crippen molar-refractivity contribution in [3.8, 4) is 5.75 Å². The third-order valence-electron chi connectivity index (χ3n) is 3.35. The Morgan fingerprint density at radius 2 is 1.77 bits per heavy atom. The minimum Gasteiger partial charge on any atom is -0.465 e. The number of carbonyl (C=O) groups excluding carboxylic acids is 1. The molecule has 4 nitrogen and oxygen atoms in total. The van der Waals surface area contributed by atoms with Crippen molar-refractivity contribution in [3.05, 3.63) is 29.8 Å². The van der Waals surface area contributed by atoms with Crippen LogP contribution in [0.15, 0.2) is 24.3 Å². The number of unbranched alkanes of at least 4 members (excludes halogenated alkanes) is 2. The molecule has 0 aliphatic carbocycles. The van der Waals surface area contributed by atoms with Gasteiger partial charge in [-0.2, -0.15) is 0 Å². The van der Waals surface area contributed by atoms with Crippen molar-refractivity contribution < 1.29 is 19.0 Å². The van der Waals surface area contributed by atoms with Gasteiger partial charge in [0.2, 0.25) is 0 Å². The van der Waals surface area contributed by atoms with Gasteiger partial charge < -0.3 is 14.2 Å². The fourth-order valence-electron chi connectivity index (χ4n) is 2.12. The Balaban J connectivity index is 2.46. The Bertz CT molecular complexity index is 427. The van der Waals surface area contributed by atoms with Crippen LogP contribution in [0.3, 0.4) is 0 Å². The number of ether oxygens (including phenoxy) is 3. The van der Waals surface area contributed by atoms with E-state index in [1.54, 1.807) is 0 Å². The molecule has 0 heterocycles. The van der Waals surface area contributed by atoms with E-state index in [4.69, 9.17) is 14.2 Å². The van der Waals surface area contributed by atoms with Crippen LogP contribution in [-0.4, -0.2) is 18.9 Å². The van der Waals surface area contributed by atoms with Crippen molar-refractivity contribution in [2.24, 2.45) is 0 Å². The third kappa shape index (κ3) is 6.94. The van der Waals surface area contributed by atoms with Crippen LogP contribution >= 0.6 is 0 Å². The summed E-state index contributed by atoms with van der Waals surface area (Å²) < 4.78 is 16.4. The highest BCUT2D eigenvalue weighted by atomic mass is 16.7. The zero-order valence-corrected chi connectivity index (χ0v) is 14.1. The highest BCUT2D eigenvalue weighted by molar-refractivity contribution is 5.69. The van der Waals surface area contributed by atoms with Gasteiger partial charge in [0.05, 0.1) is 0 Å². The minimum absolute atomic E-state index is 0.133. The lowest BCUT2D eigenvalue weighted by molar-refractivity contribution is -0.148. The van der Waals surface area contributed by atoms with Gasteiger partial charge in [-0.3, -0.25) is 4.79 Å². The quantitative estimate of drug-likeness (QED) is 0.359. The summed E-state index contributed by atoms with van der Waals surface area (Å²) in [4.78, 5) is 11.7. The van der Waals surface area contributed by atoms with E-state index in [1.165, 1.54) is 0 Å². The molecule has 0 aliphatic heterocycles. The molecule has 0 spiro atoms. The summed E-state index contributed by atoms with van der Waals surface area (Å²) in [7, 11) is 0. The van der Waals surface area contributed by atoms with Gasteiger partial charge in [-0.1, -0.05) is 31.9 Å². The summed E-state index contributed by atoms with van der Waals surface area (Å²) in [5.41, 5.74) is 0.959. The minimum atomic E-state index is -0.273. The van der Waals surface area contributed by atoms with E-state index in [-0.39, 0.29) is 18.4 Å². The second-order valence-corrected chi connectivity index (χ2v) is 5.30. The maximum atomic E-state index is 11.7. The Kier molecular flexibility index (Phi) is 8.60. The molecule has 124 valence electrons. The molecule has 0 saturated carbocycles. The van der Waals surface area contributed by atoms with E-state index in [0.29, 0.717) is 13.0 Å². The Hall–Kier alpha value is -1.55. The lowest BCUT2D eigenvalue weighted by Gasteiger charge is -2.16. The number of benzene rings is 1. The third-order valence-corrected chi connectivity index (χ3v) is 3.35. The molecular formula is C18H28O4. The SMILES string of the molecule is CCCCCC(=O)OC(C)c1ccc(OC(C)OCC)cc1. The average molecular weight is 308 g/mol. The smallest absolute Gasteiger partial charge is 0.306 e. The van der Waals surface area contributed by atoms with Gasteiger partial charge in [0.15, 0.2) is 6.29 Å². The number of carbonyl (C=O) groups is 1. The van der Waals surface area contributed by atoms with Crippen LogP contribution in [0.25, 0.3) is 0 Å². The average Bonchev–Trinajstić information content (AvgIpc) is 2.48. The van der Waals surface area contributed by atoms with Gasteiger partial charge in [-0.05, 0) is 44.9 Å². The summed E-state index contributed by atoms with van der Waals surface area (Å²) in [5, 5.41) is 0. The molecular weight excluding hydrogens is 280 g/mol. The maximum absolute atomic E-state index is 11.7. The molecule has 0 fully saturated rings. The Morgan fingerprint density at radius 3 is 2.36 bits per heavy atom. The van der Waals surface area contributed by atoms with E-state index in [9.17, 15) is 4.79 Å². The summed E-state index contributed by atoms with van der Waals surface area (Å²) in [6.07, 6.45) is 3.03. The highest BCUT2D eigenvalue weighted by Gasteiger charge is 2.12. The number of rotatable bonds is 10. The van der Waals surface area contributed by atoms with E-state index >= 15 is 0 Å². The molecule has 22 heavy (non-hydrogen) atoms. The van der Waals surface area contributed by atoms with Crippen molar-refractivity contribution in [1.29, 1.82) is 0 Å². The van der Waals surface area contributed by atoms with Crippen molar-refractivity contribution in [2.45, 2.75) is 65.8 Å². The molecule has 0 N–H and O–H groups in total. The molecule has 0 amide bonds. The lowest BCUT2D eigenvalue weighted by Crippen LogP contribution is -2.16. The Labute approximate surface area is 133 Å². The molecule has 0 bridgehead atoms. The van der Waals surface area contributed by atoms with Crippen LogP contribution in [0, 0.1) is 0 Å². The molecule has 4 heteroatoms. The molecule has 1 aromatic carbocycles. The predicted molar refractivity (Wildman–Crippen MR) is 86.8 cm³/mol. The normalized spacial score (nSPS) is 13.5. The molecule has 1 rings (SSSR count). The van der Waals surface area contributed by atoms with E-state index in [0.717, 1.165) is 30.6 Å². The number of hydrogen-bond donors (Lipinski definition) is 0. The first-order chi connectivity index (χ1) is 10.6. The van der Waals surface area contributed by atoms with Crippen LogP contribution in [0.1, 0.15) is 65.0 Å². The molecule has 0 aromatic heterocycles. The molecule has 2 unspecified atom stereocenters. The maximum Gasteiger partial charge on any atom is 0.306 e. The van der Waals surface area contributed by atoms with E-state index in [2.05, 4.69) is 6.92 Å². The first kappa shape index (κ1) is 18.5. The van der Waals surface area contributed by atoms with Gasteiger partial charge >= 0.3 is 5.97 Å². The van der Waals surface area contributed by atoms with E-state index < -0.39 is 0 Å². The van der Waals surface area contributed by atoms with Gasteiger partial charge in [0, 0.05) is 13.0 Å². The topological polar surface area (TPSA) is 44.8 Å². The fourth-order valence-corrected chi connectivity index (χ4v) is 2.12. The molecule has 1 aromatic rings. The zero-order chi connectivity index (χ0) is 16.4. The largest absolute Gasteiger partial charge is 0.465 e. The van der Waals surface area contributed by atoms with Crippen molar-refractivity contribution in [3.63, 3.8) is 0 Å². The second-order valence-electron chi connectivity index (χ2n) is 5.30. The summed E-state index contributed by atoms with van der Waals surface area (Å²) in [6.45, 7) is 8.41. The fraction of sp³-hybridized carbons (Fsp3) is 0.611. The van der Waals surface area contributed by atoms with Crippen LogP contribution < -0.4 is 4.74 Å². The van der Waals surface area contributed by atoms with Gasteiger partial charge in [-0.25, -0.2) is 0 Å². The van der Waals surface area contributed by atoms with Crippen molar-refractivity contribution in [2.75, 3.05) is 6.61 Å². The van der Waals surface area contributed by atoms with Gasteiger partial charge in [0.1, 0.15) is 11.9 Å². The first-order valence-corrected chi connectivity index (χ1v) is 8.14. The van der Waals surface area contributed by atoms with Gasteiger partial charge in [0.25, 0.3) is 0 Å². The summed E-state index contributed by atoms with van der Waals surface area (Å²) in [5.74, 6) is 0.609. The highest BCUT2D eigenvalue weighted by Crippen LogP contribution is 2.22. The van der Waals surface area contributed by atoms with Crippen LogP contribution in [0.5, 0.6) is 5.75 Å². The van der Waals surface area contributed by atoms with E-state index in [1.807, 2.05) is 45.0 Å². The second kappa shape index (κ2) is 10.2. The van der Waals surface area contributed by atoms with Crippen LogP contribution in [0.2, 0.25) is 0 Å². The first-order valence-electron chi connectivity index (χ1n) is 8.14. The molecule has 0 radical (unpaired) electrons. The zero-order valence-electron chi connectivity index (χ0n) is 14.1. The van der Waals surface area contributed by atoms with Crippen LogP contribution in [0.4, 0.5) is 0 Å². The summed E-state index contributed by atoms with van der Waals surface area (Å²) >= 11 is 0. The number of hydrogen-bond acceptors (Lipinski definition) is 4. The number of esters is 1. The van der Waals surface area contributed by atoms with Crippen LogP contribution in [-0.2, 0) is 14.3 Å². The van der Waals surface area contributed by atoms with Crippen molar-refractivity contribution >= 4 is 5.97 Å².